The Hall–Kier alpha value is -3.10. The lowest BCUT2D eigenvalue weighted by molar-refractivity contribution is -0.0504. The summed E-state index contributed by atoms with van der Waals surface area (Å²) in [5, 5.41) is 5.99. The van der Waals surface area contributed by atoms with Gasteiger partial charge in [-0.05, 0) is 25.1 Å². The first kappa shape index (κ1) is 19.2. The molecule has 7 nitrogen and oxygen atoms in total. The van der Waals surface area contributed by atoms with Crippen LogP contribution in [0.1, 0.15) is 27.4 Å². The van der Waals surface area contributed by atoms with Crippen LogP contribution in [0.25, 0.3) is 0 Å². The van der Waals surface area contributed by atoms with E-state index in [0.717, 1.165) is 5.56 Å². The van der Waals surface area contributed by atoms with Gasteiger partial charge in [-0.3, -0.25) is 9.79 Å². The molecule has 0 aliphatic carbocycles. The highest BCUT2D eigenvalue weighted by Crippen LogP contribution is 2.22. The van der Waals surface area contributed by atoms with Crippen molar-refractivity contribution in [1.29, 1.82) is 0 Å². The van der Waals surface area contributed by atoms with Gasteiger partial charge in [-0.2, -0.15) is 8.78 Å². The SMILES string of the molecule is CN=C(NCc1ccc(C(N)=O)o1)NCc1cc(C)ccc1OC(F)F. The van der Waals surface area contributed by atoms with Gasteiger partial charge in [0.05, 0.1) is 6.54 Å². The molecule has 1 aromatic carbocycles. The first-order valence-electron chi connectivity index (χ1n) is 7.76. The van der Waals surface area contributed by atoms with Crippen molar-refractivity contribution in [2.24, 2.45) is 10.7 Å². The van der Waals surface area contributed by atoms with Gasteiger partial charge < -0.3 is 25.5 Å². The maximum absolute atomic E-state index is 12.5. The molecule has 4 N–H and O–H groups in total. The van der Waals surface area contributed by atoms with Crippen LogP contribution in [0.4, 0.5) is 8.78 Å². The van der Waals surface area contributed by atoms with E-state index in [0.29, 0.717) is 17.3 Å². The Morgan fingerprint density at radius 3 is 2.62 bits per heavy atom. The first-order chi connectivity index (χ1) is 12.4. The van der Waals surface area contributed by atoms with Crippen molar-refractivity contribution in [2.75, 3.05) is 7.05 Å². The lowest BCUT2D eigenvalue weighted by Gasteiger charge is -2.14. The van der Waals surface area contributed by atoms with Gasteiger partial charge in [-0.1, -0.05) is 17.7 Å². The van der Waals surface area contributed by atoms with Crippen LogP contribution in [0.15, 0.2) is 39.7 Å². The summed E-state index contributed by atoms with van der Waals surface area (Å²) in [6.45, 7) is -0.544. The fourth-order valence-electron chi connectivity index (χ4n) is 2.23. The molecule has 0 saturated carbocycles. The molecule has 0 atom stereocenters. The fourth-order valence-corrected chi connectivity index (χ4v) is 2.23. The number of halogens is 2. The van der Waals surface area contributed by atoms with Crippen molar-refractivity contribution < 1.29 is 22.7 Å². The number of hydrogen-bond donors (Lipinski definition) is 3. The van der Waals surface area contributed by atoms with E-state index >= 15 is 0 Å². The third-order valence-corrected chi connectivity index (χ3v) is 3.44. The number of alkyl halides is 2. The van der Waals surface area contributed by atoms with E-state index in [1.54, 1.807) is 25.2 Å². The molecule has 1 aromatic heterocycles. The number of rotatable bonds is 7. The number of carbonyl (C=O) groups is 1. The van der Waals surface area contributed by atoms with Crippen molar-refractivity contribution in [1.82, 2.24) is 10.6 Å². The molecule has 0 radical (unpaired) electrons. The molecule has 0 aliphatic heterocycles. The Morgan fingerprint density at radius 2 is 2.00 bits per heavy atom. The van der Waals surface area contributed by atoms with Crippen LogP contribution in [0.5, 0.6) is 5.75 Å². The summed E-state index contributed by atoms with van der Waals surface area (Å²) in [5.74, 6) is 0.444. The van der Waals surface area contributed by atoms with Gasteiger partial charge in [0.2, 0.25) is 0 Å². The summed E-state index contributed by atoms with van der Waals surface area (Å²) in [6.07, 6.45) is 0. The maximum Gasteiger partial charge on any atom is 0.387 e. The summed E-state index contributed by atoms with van der Waals surface area (Å²) in [4.78, 5) is 15.1. The van der Waals surface area contributed by atoms with E-state index in [-0.39, 0.29) is 24.6 Å². The molecule has 0 unspecified atom stereocenters. The minimum atomic E-state index is -2.90. The van der Waals surface area contributed by atoms with Gasteiger partial charge in [0.25, 0.3) is 5.91 Å². The topological polar surface area (TPSA) is 102 Å². The lowest BCUT2D eigenvalue weighted by atomic mass is 10.1. The molecule has 0 saturated heterocycles. The number of carbonyl (C=O) groups excluding carboxylic acids is 1. The summed E-state index contributed by atoms with van der Waals surface area (Å²) < 4.78 is 34.8. The Morgan fingerprint density at radius 1 is 1.27 bits per heavy atom. The maximum atomic E-state index is 12.5. The molecular weight excluding hydrogens is 346 g/mol. The normalized spacial score (nSPS) is 11.5. The standard InChI is InChI=1S/C17H20F2N4O3/c1-10-3-5-13(26-16(18)19)11(7-10)8-22-17(21-2)23-9-12-4-6-14(25-12)15(20)24/h3-7,16H,8-9H2,1-2H3,(H2,20,24)(H2,21,22,23). The number of nitrogens with one attached hydrogen (secondary N) is 2. The van der Waals surface area contributed by atoms with E-state index in [1.807, 2.05) is 6.92 Å². The fraction of sp³-hybridized carbons (Fsp3) is 0.294. The summed E-state index contributed by atoms with van der Waals surface area (Å²) in [5.41, 5.74) is 6.62. The van der Waals surface area contributed by atoms with Crippen LogP contribution in [0.3, 0.4) is 0 Å². The van der Waals surface area contributed by atoms with Crippen LogP contribution in [0.2, 0.25) is 0 Å². The van der Waals surface area contributed by atoms with Gasteiger partial charge >= 0.3 is 6.61 Å². The van der Waals surface area contributed by atoms with Crippen molar-refractivity contribution >= 4 is 11.9 Å². The molecule has 2 aromatic rings. The van der Waals surface area contributed by atoms with Gasteiger partial charge in [0, 0.05) is 19.2 Å². The number of nitrogens with zero attached hydrogens (tertiary/aromatic N) is 1. The zero-order valence-corrected chi connectivity index (χ0v) is 14.4. The number of aryl methyl sites for hydroxylation is 1. The number of hydrogen-bond acceptors (Lipinski definition) is 4. The van der Waals surface area contributed by atoms with Crippen molar-refractivity contribution in [3.05, 3.63) is 53.0 Å². The second-order valence-electron chi connectivity index (χ2n) is 5.40. The summed E-state index contributed by atoms with van der Waals surface area (Å²) in [6, 6.07) is 8.06. The molecule has 0 aliphatic rings. The molecule has 1 heterocycles. The van der Waals surface area contributed by atoms with Gasteiger partial charge in [0.1, 0.15) is 11.5 Å². The third kappa shape index (κ3) is 5.47. The number of aliphatic imine (C=N–C) groups is 1. The molecule has 0 fully saturated rings. The predicted molar refractivity (Wildman–Crippen MR) is 92.1 cm³/mol. The highest BCUT2D eigenvalue weighted by atomic mass is 19.3. The van der Waals surface area contributed by atoms with Gasteiger partial charge in [0.15, 0.2) is 11.7 Å². The van der Waals surface area contributed by atoms with Crippen molar-refractivity contribution in [2.45, 2.75) is 26.6 Å². The van der Waals surface area contributed by atoms with Crippen LogP contribution in [-0.4, -0.2) is 25.5 Å². The molecule has 9 heteroatoms. The molecule has 1 amide bonds. The zero-order chi connectivity index (χ0) is 19.1. The smallest absolute Gasteiger partial charge is 0.387 e. The monoisotopic (exact) mass is 366 g/mol. The minimum absolute atomic E-state index is 0.0679. The molecule has 0 spiro atoms. The molecule has 26 heavy (non-hydrogen) atoms. The van der Waals surface area contributed by atoms with Crippen LogP contribution in [-0.2, 0) is 13.1 Å². The van der Waals surface area contributed by atoms with Gasteiger partial charge in [-0.25, -0.2) is 0 Å². The molecular formula is C17H20F2N4O3. The van der Waals surface area contributed by atoms with Crippen LogP contribution >= 0.6 is 0 Å². The van der Waals surface area contributed by atoms with Crippen LogP contribution < -0.4 is 21.1 Å². The van der Waals surface area contributed by atoms with E-state index in [9.17, 15) is 13.6 Å². The highest BCUT2D eigenvalue weighted by Gasteiger charge is 2.11. The Balaban J connectivity index is 1.96. The van der Waals surface area contributed by atoms with E-state index in [2.05, 4.69) is 20.4 Å². The second kappa shape index (κ2) is 8.84. The average Bonchev–Trinajstić information content (AvgIpc) is 3.06. The summed E-state index contributed by atoms with van der Waals surface area (Å²) >= 11 is 0. The van der Waals surface area contributed by atoms with Gasteiger partial charge in [-0.15, -0.1) is 0 Å². The number of furan rings is 1. The average molecular weight is 366 g/mol. The van der Waals surface area contributed by atoms with Crippen molar-refractivity contribution in [3.63, 3.8) is 0 Å². The van der Waals surface area contributed by atoms with Crippen molar-refractivity contribution in [3.8, 4) is 5.75 Å². The molecule has 0 bridgehead atoms. The largest absolute Gasteiger partial charge is 0.454 e. The van der Waals surface area contributed by atoms with E-state index in [1.165, 1.54) is 12.1 Å². The predicted octanol–water partition coefficient (Wildman–Crippen LogP) is 2.15. The quantitative estimate of drug-likeness (QED) is 0.515. The Labute approximate surface area is 149 Å². The number of primary amides is 1. The lowest BCUT2D eigenvalue weighted by Crippen LogP contribution is -2.36. The van der Waals surface area contributed by atoms with E-state index < -0.39 is 12.5 Å². The molecule has 2 rings (SSSR count). The number of ether oxygens (including phenoxy) is 1. The number of nitrogens with two attached hydrogens (primary N) is 1. The number of guanidine groups is 1. The second-order valence-corrected chi connectivity index (χ2v) is 5.40. The summed E-state index contributed by atoms with van der Waals surface area (Å²) in [7, 11) is 1.57. The first-order valence-corrected chi connectivity index (χ1v) is 7.76. The number of amides is 1. The van der Waals surface area contributed by atoms with E-state index in [4.69, 9.17) is 10.2 Å². The van der Waals surface area contributed by atoms with Crippen LogP contribution in [0, 0.1) is 6.92 Å². The minimum Gasteiger partial charge on any atom is -0.454 e. The zero-order valence-electron chi connectivity index (χ0n) is 14.4. The highest BCUT2D eigenvalue weighted by molar-refractivity contribution is 5.89. The number of benzene rings is 1. The molecule has 140 valence electrons. The third-order valence-electron chi connectivity index (χ3n) is 3.44. The Kier molecular flexibility index (Phi) is 6.54. The Bertz CT molecular complexity index is 790.